The van der Waals surface area contributed by atoms with Crippen molar-refractivity contribution in [1.29, 1.82) is 0 Å². The Bertz CT molecular complexity index is 971. The van der Waals surface area contributed by atoms with E-state index in [1.165, 1.54) is 27.9 Å². The maximum atomic E-state index is 11.0. The summed E-state index contributed by atoms with van der Waals surface area (Å²) < 4.78 is 0. The van der Waals surface area contributed by atoms with Crippen molar-refractivity contribution in [3.8, 4) is 0 Å². The SMILES string of the molecule is O=C=NN(OCCc1ccccc1)C1CCC(CC2CCC(N(N=C=O)OCCc3ccccc3)CC2)CC1. The smallest absolute Gasteiger partial charge is 0.255 e. The molecule has 0 saturated heterocycles. The van der Waals surface area contributed by atoms with E-state index < -0.39 is 0 Å². The molecule has 8 heteroatoms. The first-order valence-corrected chi connectivity index (χ1v) is 14.3. The fourth-order valence-electron chi connectivity index (χ4n) is 5.99. The minimum atomic E-state index is 0.122. The molecule has 0 aromatic heterocycles. The molecule has 0 spiro atoms. The van der Waals surface area contributed by atoms with Crippen molar-refractivity contribution >= 4 is 12.2 Å². The quantitative estimate of drug-likeness (QED) is 0.170. The molecular formula is C31H40N4O4. The molecule has 0 amide bonds. The van der Waals surface area contributed by atoms with Gasteiger partial charge in [-0.15, -0.1) is 0 Å². The van der Waals surface area contributed by atoms with Crippen molar-refractivity contribution in [2.45, 2.75) is 82.7 Å². The van der Waals surface area contributed by atoms with Gasteiger partial charge in [0, 0.05) is 0 Å². The molecule has 4 rings (SSSR count). The van der Waals surface area contributed by atoms with Crippen LogP contribution in [0.4, 0.5) is 0 Å². The topological polar surface area (TPSA) is 83.8 Å². The van der Waals surface area contributed by atoms with Crippen LogP contribution in [-0.4, -0.2) is 47.8 Å². The van der Waals surface area contributed by atoms with Gasteiger partial charge in [0.2, 0.25) is 0 Å². The van der Waals surface area contributed by atoms with E-state index in [1.54, 1.807) is 12.2 Å². The zero-order valence-corrected chi connectivity index (χ0v) is 22.7. The van der Waals surface area contributed by atoms with Crippen molar-refractivity contribution in [3.63, 3.8) is 0 Å². The summed E-state index contributed by atoms with van der Waals surface area (Å²) in [5.41, 5.74) is 2.40. The molecule has 39 heavy (non-hydrogen) atoms. The number of benzene rings is 2. The lowest BCUT2D eigenvalue weighted by atomic mass is 9.76. The molecule has 208 valence electrons. The van der Waals surface area contributed by atoms with Crippen molar-refractivity contribution in [1.82, 2.24) is 10.3 Å². The van der Waals surface area contributed by atoms with Gasteiger partial charge in [0.15, 0.2) is 0 Å². The van der Waals surface area contributed by atoms with Gasteiger partial charge < -0.3 is 0 Å². The van der Waals surface area contributed by atoms with Crippen LogP contribution in [-0.2, 0) is 32.1 Å². The Kier molecular flexibility index (Phi) is 11.8. The van der Waals surface area contributed by atoms with Gasteiger partial charge in [-0.05, 0) is 93.6 Å². The third-order valence-corrected chi connectivity index (χ3v) is 8.12. The molecule has 2 saturated carbocycles. The predicted molar refractivity (Wildman–Crippen MR) is 148 cm³/mol. The van der Waals surface area contributed by atoms with E-state index in [9.17, 15) is 9.59 Å². The van der Waals surface area contributed by atoms with Crippen LogP contribution in [0.3, 0.4) is 0 Å². The zero-order chi connectivity index (χ0) is 27.1. The van der Waals surface area contributed by atoms with Crippen molar-refractivity contribution in [3.05, 3.63) is 71.8 Å². The molecule has 0 heterocycles. The van der Waals surface area contributed by atoms with Crippen LogP contribution in [0.15, 0.2) is 70.9 Å². The average molecular weight is 533 g/mol. The second-order valence-corrected chi connectivity index (χ2v) is 10.7. The predicted octanol–water partition coefficient (Wildman–Crippen LogP) is 5.95. The molecule has 0 atom stereocenters. The summed E-state index contributed by atoms with van der Waals surface area (Å²) in [5.74, 6) is 1.36. The van der Waals surface area contributed by atoms with Gasteiger partial charge in [-0.2, -0.15) is 10.3 Å². The lowest BCUT2D eigenvalue weighted by Crippen LogP contribution is -2.37. The Hall–Kier alpha value is -3.28. The molecule has 2 aromatic carbocycles. The molecule has 0 aliphatic heterocycles. The number of rotatable bonds is 14. The molecule has 0 radical (unpaired) electrons. The monoisotopic (exact) mass is 532 g/mol. The molecule has 8 nitrogen and oxygen atoms in total. The number of hydroxylamine groups is 2. The Morgan fingerprint density at radius 1 is 0.615 bits per heavy atom. The number of carbonyl (C=O) groups excluding carboxylic acids is 2. The highest BCUT2D eigenvalue weighted by atomic mass is 16.7. The zero-order valence-electron chi connectivity index (χ0n) is 22.7. The molecule has 2 aromatic rings. The third-order valence-electron chi connectivity index (χ3n) is 8.12. The molecule has 0 bridgehead atoms. The lowest BCUT2D eigenvalue weighted by molar-refractivity contribution is -0.195. The first-order chi connectivity index (χ1) is 19.2. The van der Waals surface area contributed by atoms with Gasteiger partial charge in [-0.3, -0.25) is 9.68 Å². The van der Waals surface area contributed by atoms with Gasteiger partial charge in [0.05, 0.1) is 25.3 Å². The van der Waals surface area contributed by atoms with Crippen molar-refractivity contribution < 1.29 is 19.3 Å². The Balaban J connectivity index is 1.15. The van der Waals surface area contributed by atoms with E-state index in [1.807, 2.05) is 36.4 Å². The maximum absolute atomic E-state index is 11.0. The van der Waals surface area contributed by atoms with Crippen LogP contribution in [0.2, 0.25) is 0 Å². The first-order valence-electron chi connectivity index (χ1n) is 14.3. The van der Waals surface area contributed by atoms with Crippen molar-refractivity contribution in [2.75, 3.05) is 13.2 Å². The maximum Gasteiger partial charge on any atom is 0.260 e. The molecule has 0 N–H and O–H groups in total. The van der Waals surface area contributed by atoms with E-state index in [0.29, 0.717) is 25.0 Å². The molecule has 2 aliphatic rings. The fraction of sp³-hybridized carbons (Fsp3) is 0.548. The minimum Gasteiger partial charge on any atom is -0.255 e. The van der Waals surface area contributed by atoms with Crippen LogP contribution < -0.4 is 0 Å². The standard InChI is InChI=1S/C31H40N4O4/c36-24-32-34(38-21-19-26-7-3-1-4-8-26)30-15-11-28(12-16-30)23-29-13-17-31(18-14-29)35(33-25-37)39-22-20-27-9-5-2-6-10-27/h1-10,28-31H,11-23H2. The number of hydrogen-bond donors (Lipinski definition) is 0. The highest BCUT2D eigenvalue weighted by molar-refractivity contribution is 5.32. The minimum absolute atomic E-state index is 0.122. The Morgan fingerprint density at radius 2 is 1.00 bits per heavy atom. The van der Waals surface area contributed by atoms with Crippen LogP contribution in [0.1, 0.15) is 68.9 Å². The first kappa shape index (κ1) is 28.7. The Morgan fingerprint density at radius 3 is 1.36 bits per heavy atom. The number of isocyanates is 2. The summed E-state index contributed by atoms with van der Waals surface area (Å²) in [6, 6.07) is 20.6. The summed E-state index contributed by atoms with van der Waals surface area (Å²) in [5, 5.41) is 10.7. The summed E-state index contributed by atoms with van der Waals surface area (Å²) >= 11 is 0. The van der Waals surface area contributed by atoms with E-state index in [2.05, 4.69) is 34.5 Å². The fourth-order valence-corrected chi connectivity index (χ4v) is 5.99. The number of hydrazone groups is 2. The normalized spacial score (nSPS) is 22.8. The van der Waals surface area contributed by atoms with Gasteiger partial charge in [0.1, 0.15) is 0 Å². The number of nitrogens with zero attached hydrogens (tertiary/aromatic N) is 4. The second-order valence-electron chi connectivity index (χ2n) is 10.7. The average Bonchev–Trinajstić information content (AvgIpc) is 2.98. The highest BCUT2D eigenvalue weighted by Gasteiger charge is 2.31. The van der Waals surface area contributed by atoms with E-state index in [-0.39, 0.29) is 12.1 Å². The lowest BCUT2D eigenvalue weighted by Gasteiger charge is -2.37. The summed E-state index contributed by atoms with van der Waals surface area (Å²) in [6.45, 7) is 0.971. The van der Waals surface area contributed by atoms with Crippen LogP contribution in [0.5, 0.6) is 0 Å². The molecule has 2 fully saturated rings. The van der Waals surface area contributed by atoms with Gasteiger partial charge in [-0.1, -0.05) is 70.9 Å². The van der Waals surface area contributed by atoms with Gasteiger partial charge in [-0.25, -0.2) is 9.59 Å². The van der Waals surface area contributed by atoms with Gasteiger partial charge >= 0.3 is 0 Å². The van der Waals surface area contributed by atoms with E-state index >= 15 is 0 Å². The van der Waals surface area contributed by atoms with Crippen LogP contribution in [0, 0.1) is 11.8 Å². The highest BCUT2D eigenvalue weighted by Crippen LogP contribution is 2.37. The van der Waals surface area contributed by atoms with E-state index in [4.69, 9.17) is 9.68 Å². The Labute approximate surface area is 231 Å². The molecular weight excluding hydrogens is 492 g/mol. The molecule has 0 unspecified atom stereocenters. The molecule has 2 aliphatic carbocycles. The van der Waals surface area contributed by atoms with E-state index in [0.717, 1.165) is 64.2 Å². The van der Waals surface area contributed by atoms with Crippen molar-refractivity contribution in [2.24, 2.45) is 22.0 Å². The largest absolute Gasteiger partial charge is 0.260 e. The van der Waals surface area contributed by atoms with Crippen LogP contribution in [0.25, 0.3) is 0 Å². The van der Waals surface area contributed by atoms with Gasteiger partial charge in [0.25, 0.3) is 12.2 Å². The third kappa shape index (κ3) is 9.45. The summed E-state index contributed by atoms with van der Waals surface area (Å²) in [7, 11) is 0. The van der Waals surface area contributed by atoms with Crippen LogP contribution >= 0.6 is 0 Å². The summed E-state index contributed by atoms with van der Waals surface area (Å²) in [4.78, 5) is 33.7. The summed E-state index contributed by atoms with van der Waals surface area (Å²) in [6.07, 6.45) is 14.4. The second kappa shape index (κ2) is 16.0. The number of hydrogen-bond acceptors (Lipinski definition) is 8.